The van der Waals surface area contributed by atoms with Gasteiger partial charge in [0, 0.05) is 25.7 Å². The average Bonchev–Trinajstić information content (AvgIpc) is 2.43. The zero-order chi connectivity index (χ0) is 15.1. The molecule has 1 rings (SSSR count). The second kappa shape index (κ2) is 8.24. The molecule has 0 spiro atoms. The molecule has 2 N–H and O–H groups in total. The molecular weight excluding hydrogens is 269 g/mol. The van der Waals surface area contributed by atoms with Crippen LogP contribution in [0.15, 0.2) is 12.1 Å². The lowest BCUT2D eigenvalue weighted by atomic mass is 10.0. The Balaban J connectivity index is 2.92. The lowest BCUT2D eigenvalue weighted by Crippen LogP contribution is -2.36. The first-order chi connectivity index (χ1) is 9.54. The first-order valence-electron chi connectivity index (χ1n) is 6.71. The first kappa shape index (κ1) is 16.9. The maximum absolute atomic E-state index is 13.3. The number of hydrogen-bond acceptors (Lipinski definition) is 3. The van der Waals surface area contributed by atoms with E-state index in [2.05, 4.69) is 0 Å². The van der Waals surface area contributed by atoms with Crippen LogP contribution < -0.4 is 5.73 Å². The van der Waals surface area contributed by atoms with E-state index in [4.69, 9.17) is 10.5 Å². The molecule has 3 nitrogen and oxygen atoms in total. The molecule has 20 heavy (non-hydrogen) atoms. The van der Waals surface area contributed by atoms with Crippen LogP contribution in [0.4, 0.5) is 13.2 Å². The molecule has 0 amide bonds. The van der Waals surface area contributed by atoms with E-state index in [9.17, 15) is 13.2 Å². The number of hydrogen-bond donors (Lipinski definition) is 1. The van der Waals surface area contributed by atoms with Gasteiger partial charge in [-0.1, -0.05) is 6.92 Å². The second-order valence-corrected chi connectivity index (χ2v) is 4.38. The summed E-state index contributed by atoms with van der Waals surface area (Å²) in [5, 5.41) is 0. The Morgan fingerprint density at radius 2 is 1.80 bits per heavy atom. The minimum Gasteiger partial charge on any atom is -0.380 e. The molecule has 0 bridgehead atoms. The summed E-state index contributed by atoms with van der Waals surface area (Å²) in [5.41, 5.74) is 6.04. The minimum atomic E-state index is -1.46. The predicted molar refractivity (Wildman–Crippen MR) is 71.9 cm³/mol. The number of likely N-dealkylation sites (N-methyl/N-ethyl adjacent to an activating group) is 1. The Hall–Kier alpha value is -1.11. The Bertz CT molecular complexity index is 406. The monoisotopic (exact) mass is 290 g/mol. The number of nitrogens with two attached hydrogens (primary N) is 1. The van der Waals surface area contributed by atoms with Gasteiger partial charge in [-0.3, -0.25) is 4.90 Å². The van der Waals surface area contributed by atoms with E-state index in [1.807, 2.05) is 18.7 Å². The van der Waals surface area contributed by atoms with E-state index in [1.54, 1.807) is 0 Å². The molecule has 1 aromatic carbocycles. The topological polar surface area (TPSA) is 38.5 Å². The third kappa shape index (κ3) is 4.19. The molecule has 1 unspecified atom stereocenters. The van der Waals surface area contributed by atoms with E-state index in [1.165, 1.54) is 0 Å². The predicted octanol–water partition coefficient (Wildman–Crippen LogP) is 2.46. The standard InChI is InChI=1S/C14H21F3N2O/c1-3-19(5-6-20-4-2)13(9-18)10-7-11(15)14(17)12(16)8-10/h7-8,13H,3-6,9,18H2,1-2H3. The van der Waals surface area contributed by atoms with Crippen molar-refractivity contribution in [3.05, 3.63) is 35.1 Å². The van der Waals surface area contributed by atoms with E-state index < -0.39 is 17.5 Å². The lowest BCUT2D eigenvalue weighted by Gasteiger charge is -2.30. The summed E-state index contributed by atoms with van der Waals surface area (Å²) in [4.78, 5) is 1.95. The maximum atomic E-state index is 13.3. The normalized spacial score (nSPS) is 12.9. The van der Waals surface area contributed by atoms with Crippen molar-refractivity contribution < 1.29 is 17.9 Å². The van der Waals surface area contributed by atoms with Crippen LogP contribution in [0.1, 0.15) is 25.5 Å². The van der Waals surface area contributed by atoms with E-state index in [0.29, 0.717) is 31.9 Å². The van der Waals surface area contributed by atoms with Crippen LogP contribution in [0.5, 0.6) is 0 Å². The van der Waals surface area contributed by atoms with Gasteiger partial charge in [0.1, 0.15) is 0 Å². The van der Waals surface area contributed by atoms with Crippen LogP contribution in [0.3, 0.4) is 0 Å². The molecule has 0 saturated heterocycles. The largest absolute Gasteiger partial charge is 0.380 e. The fourth-order valence-electron chi connectivity index (χ4n) is 2.12. The van der Waals surface area contributed by atoms with Crippen LogP contribution in [-0.2, 0) is 4.74 Å². The van der Waals surface area contributed by atoms with Crippen molar-refractivity contribution in [2.45, 2.75) is 19.9 Å². The summed E-state index contributed by atoms with van der Waals surface area (Å²) in [6, 6.07) is 1.63. The Labute approximate surface area is 117 Å². The Morgan fingerprint density at radius 3 is 2.25 bits per heavy atom. The van der Waals surface area contributed by atoms with Crippen molar-refractivity contribution in [1.82, 2.24) is 4.90 Å². The van der Waals surface area contributed by atoms with Gasteiger partial charge < -0.3 is 10.5 Å². The molecule has 1 aromatic rings. The fraction of sp³-hybridized carbons (Fsp3) is 0.571. The van der Waals surface area contributed by atoms with Crippen LogP contribution in [0.25, 0.3) is 0 Å². The van der Waals surface area contributed by atoms with Crippen molar-refractivity contribution in [2.75, 3.05) is 32.8 Å². The molecule has 114 valence electrons. The number of nitrogens with zero attached hydrogens (tertiary/aromatic N) is 1. The fourth-order valence-corrected chi connectivity index (χ4v) is 2.12. The van der Waals surface area contributed by atoms with Gasteiger partial charge in [0.05, 0.1) is 6.61 Å². The summed E-state index contributed by atoms with van der Waals surface area (Å²) in [6.45, 7) is 6.34. The maximum Gasteiger partial charge on any atom is 0.194 e. The molecule has 0 aliphatic rings. The smallest absolute Gasteiger partial charge is 0.194 e. The summed E-state index contributed by atoms with van der Waals surface area (Å²) in [7, 11) is 0. The average molecular weight is 290 g/mol. The van der Waals surface area contributed by atoms with Gasteiger partial charge in [-0.15, -0.1) is 0 Å². The van der Waals surface area contributed by atoms with Crippen molar-refractivity contribution in [3.63, 3.8) is 0 Å². The van der Waals surface area contributed by atoms with Crippen molar-refractivity contribution in [3.8, 4) is 0 Å². The van der Waals surface area contributed by atoms with Crippen molar-refractivity contribution in [2.24, 2.45) is 5.73 Å². The van der Waals surface area contributed by atoms with Gasteiger partial charge in [-0.2, -0.15) is 0 Å². The molecule has 0 radical (unpaired) electrons. The molecule has 0 aliphatic heterocycles. The van der Waals surface area contributed by atoms with Crippen LogP contribution in [0.2, 0.25) is 0 Å². The number of benzene rings is 1. The molecule has 1 atom stereocenters. The van der Waals surface area contributed by atoms with Crippen LogP contribution in [0, 0.1) is 17.5 Å². The zero-order valence-corrected chi connectivity index (χ0v) is 11.8. The first-order valence-corrected chi connectivity index (χ1v) is 6.71. The van der Waals surface area contributed by atoms with Gasteiger partial charge in [-0.25, -0.2) is 13.2 Å². The van der Waals surface area contributed by atoms with Gasteiger partial charge in [0.2, 0.25) is 0 Å². The highest BCUT2D eigenvalue weighted by Gasteiger charge is 2.21. The van der Waals surface area contributed by atoms with E-state index in [-0.39, 0.29) is 12.6 Å². The zero-order valence-electron chi connectivity index (χ0n) is 11.8. The van der Waals surface area contributed by atoms with E-state index >= 15 is 0 Å². The summed E-state index contributed by atoms with van der Waals surface area (Å²) in [5.74, 6) is -3.85. The van der Waals surface area contributed by atoms with E-state index in [0.717, 1.165) is 12.1 Å². The molecule has 0 fully saturated rings. The summed E-state index contributed by atoms with van der Waals surface area (Å²) >= 11 is 0. The lowest BCUT2D eigenvalue weighted by molar-refractivity contribution is 0.0979. The van der Waals surface area contributed by atoms with Gasteiger partial charge in [0.15, 0.2) is 17.5 Å². The SMILES string of the molecule is CCOCCN(CC)C(CN)c1cc(F)c(F)c(F)c1. The number of halogens is 3. The highest BCUT2D eigenvalue weighted by Crippen LogP contribution is 2.23. The molecule has 6 heteroatoms. The van der Waals surface area contributed by atoms with Crippen LogP contribution >= 0.6 is 0 Å². The molecular formula is C14H21F3N2O. The Morgan fingerprint density at radius 1 is 1.20 bits per heavy atom. The van der Waals surface area contributed by atoms with Crippen molar-refractivity contribution >= 4 is 0 Å². The highest BCUT2D eigenvalue weighted by molar-refractivity contribution is 5.23. The van der Waals surface area contributed by atoms with Gasteiger partial charge in [0.25, 0.3) is 0 Å². The van der Waals surface area contributed by atoms with Gasteiger partial charge >= 0.3 is 0 Å². The third-order valence-electron chi connectivity index (χ3n) is 3.19. The molecule has 0 heterocycles. The molecule has 0 aliphatic carbocycles. The summed E-state index contributed by atoms with van der Waals surface area (Å²) in [6.07, 6.45) is 0. The van der Waals surface area contributed by atoms with Crippen LogP contribution in [-0.4, -0.2) is 37.7 Å². The second-order valence-electron chi connectivity index (χ2n) is 4.38. The minimum absolute atomic E-state index is 0.185. The Kier molecular flexibility index (Phi) is 6.98. The molecule has 0 aromatic heterocycles. The quantitative estimate of drug-likeness (QED) is 0.590. The van der Waals surface area contributed by atoms with Gasteiger partial charge in [-0.05, 0) is 31.2 Å². The number of rotatable bonds is 8. The molecule has 0 saturated carbocycles. The third-order valence-corrected chi connectivity index (χ3v) is 3.19. The number of ether oxygens (including phenoxy) is 1. The summed E-state index contributed by atoms with van der Waals surface area (Å²) < 4.78 is 44.9. The highest BCUT2D eigenvalue weighted by atomic mass is 19.2. The van der Waals surface area contributed by atoms with Crippen molar-refractivity contribution in [1.29, 1.82) is 0 Å².